The van der Waals surface area contributed by atoms with E-state index in [2.05, 4.69) is 14.7 Å². The molecule has 0 saturated carbocycles. The van der Waals surface area contributed by atoms with Crippen LogP contribution in [0.25, 0.3) is 0 Å². The molecule has 2 aromatic rings. The van der Waals surface area contributed by atoms with Crippen LogP contribution in [0.3, 0.4) is 0 Å². The van der Waals surface area contributed by atoms with E-state index in [9.17, 15) is 0 Å². The summed E-state index contributed by atoms with van der Waals surface area (Å²) >= 11 is 1.31. The van der Waals surface area contributed by atoms with Gasteiger partial charge >= 0.3 is 0 Å². The van der Waals surface area contributed by atoms with E-state index in [4.69, 9.17) is 4.84 Å². The summed E-state index contributed by atoms with van der Waals surface area (Å²) in [7, 11) is 0. The minimum Gasteiger partial charge on any atom is -0.391 e. The van der Waals surface area contributed by atoms with Gasteiger partial charge in [0.2, 0.25) is 0 Å². The Labute approximate surface area is 97.7 Å². The molecule has 0 amide bonds. The first-order valence-electron chi connectivity index (χ1n) is 4.84. The van der Waals surface area contributed by atoms with Crippen LogP contribution in [0.15, 0.2) is 35.5 Å². The summed E-state index contributed by atoms with van der Waals surface area (Å²) in [5.41, 5.74) is 1.97. The minimum absolute atomic E-state index is 0.475. The highest BCUT2D eigenvalue weighted by molar-refractivity contribution is 7.07. The predicted octanol–water partition coefficient (Wildman–Crippen LogP) is 2.40. The first kappa shape index (κ1) is 10.8. The van der Waals surface area contributed by atoms with Crippen LogP contribution in [-0.2, 0) is 11.4 Å². The highest BCUT2D eigenvalue weighted by Crippen LogP contribution is 2.06. The number of hydrogen-bond acceptors (Lipinski definition) is 5. The van der Waals surface area contributed by atoms with Gasteiger partial charge in [-0.25, -0.2) is 0 Å². The van der Waals surface area contributed by atoms with Gasteiger partial charge in [-0.15, -0.1) is 5.10 Å². The molecule has 0 saturated heterocycles. The molecule has 0 aliphatic rings. The second-order valence-corrected chi connectivity index (χ2v) is 4.00. The van der Waals surface area contributed by atoms with Crippen LogP contribution >= 0.6 is 11.5 Å². The van der Waals surface area contributed by atoms with E-state index in [0.717, 1.165) is 16.1 Å². The van der Waals surface area contributed by atoms with Crippen LogP contribution in [0.2, 0.25) is 0 Å². The molecule has 1 heterocycles. The van der Waals surface area contributed by atoms with E-state index in [1.165, 1.54) is 11.5 Å². The van der Waals surface area contributed by atoms with Gasteiger partial charge in [0.05, 0.1) is 16.8 Å². The number of nitrogens with zero attached hydrogens (tertiary/aromatic N) is 3. The van der Waals surface area contributed by atoms with Crippen molar-refractivity contribution in [2.24, 2.45) is 5.16 Å². The van der Waals surface area contributed by atoms with E-state index in [-0.39, 0.29) is 0 Å². The van der Waals surface area contributed by atoms with Crippen molar-refractivity contribution in [2.45, 2.75) is 13.5 Å². The smallest absolute Gasteiger partial charge is 0.142 e. The van der Waals surface area contributed by atoms with Crippen LogP contribution in [-0.4, -0.2) is 15.8 Å². The van der Waals surface area contributed by atoms with Crippen molar-refractivity contribution < 1.29 is 4.84 Å². The van der Waals surface area contributed by atoms with Gasteiger partial charge in [0.25, 0.3) is 0 Å². The van der Waals surface area contributed by atoms with Crippen LogP contribution in [0.1, 0.15) is 16.1 Å². The molecule has 4 nitrogen and oxygen atoms in total. The molecule has 0 spiro atoms. The third-order valence-corrected chi connectivity index (χ3v) is 2.77. The van der Waals surface area contributed by atoms with E-state index in [1.807, 2.05) is 37.3 Å². The lowest BCUT2D eigenvalue weighted by Crippen LogP contribution is -1.87. The maximum Gasteiger partial charge on any atom is 0.142 e. The van der Waals surface area contributed by atoms with E-state index in [0.29, 0.717) is 6.61 Å². The fourth-order valence-corrected chi connectivity index (χ4v) is 1.64. The summed E-state index contributed by atoms with van der Waals surface area (Å²) in [6, 6.07) is 9.91. The van der Waals surface area contributed by atoms with E-state index >= 15 is 0 Å². The van der Waals surface area contributed by atoms with Crippen molar-refractivity contribution in [1.29, 1.82) is 0 Å². The van der Waals surface area contributed by atoms with Gasteiger partial charge in [0, 0.05) is 0 Å². The maximum absolute atomic E-state index is 5.17. The summed E-state index contributed by atoms with van der Waals surface area (Å²) in [6.45, 7) is 2.37. The zero-order valence-electron chi connectivity index (χ0n) is 8.83. The SMILES string of the molecule is Cc1nnsc1/C=N/OCc1ccccc1. The lowest BCUT2D eigenvalue weighted by atomic mass is 10.2. The number of aromatic nitrogens is 2. The minimum atomic E-state index is 0.475. The molecule has 82 valence electrons. The number of benzene rings is 1. The molecule has 0 unspecified atom stereocenters. The van der Waals surface area contributed by atoms with E-state index in [1.54, 1.807) is 6.21 Å². The molecule has 2 rings (SSSR count). The topological polar surface area (TPSA) is 47.4 Å². The Morgan fingerprint density at radius 2 is 2.19 bits per heavy atom. The molecule has 5 heteroatoms. The summed E-state index contributed by atoms with van der Waals surface area (Å²) in [4.78, 5) is 6.09. The Balaban J connectivity index is 1.85. The lowest BCUT2D eigenvalue weighted by Gasteiger charge is -1.97. The first-order chi connectivity index (χ1) is 7.86. The Morgan fingerprint density at radius 1 is 1.38 bits per heavy atom. The normalized spacial score (nSPS) is 10.8. The standard InChI is InChI=1S/C11H11N3OS/c1-9-11(16-14-13-9)7-12-15-8-10-5-3-2-4-6-10/h2-7H,8H2,1H3/b12-7+. The maximum atomic E-state index is 5.17. The monoisotopic (exact) mass is 233 g/mol. The van der Waals surface area contributed by atoms with Gasteiger partial charge in [-0.1, -0.05) is 40.0 Å². The van der Waals surface area contributed by atoms with Gasteiger partial charge in [-0.3, -0.25) is 0 Å². The molecular formula is C11H11N3OS. The van der Waals surface area contributed by atoms with Crippen LogP contribution in [0, 0.1) is 6.92 Å². The Hall–Kier alpha value is -1.75. The number of oxime groups is 1. The molecular weight excluding hydrogens is 222 g/mol. The molecule has 0 aliphatic carbocycles. The molecule has 0 fully saturated rings. The van der Waals surface area contributed by atoms with Gasteiger partial charge < -0.3 is 4.84 Å². The van der Waals surface area contributed by atoms with Crippen molar-refractivity contribution in [1.82, 2.24) is 9.59 Å². The third-order valence-electron chi connectivity index (χ3n) is 2.01. The lowest BCUT2D eigenvalue weighted by molar-refractivity contribution is 0.132. The largest absolute Gasteiger partial charge is 0.391 e. The second-order valence-electron chi connectivity index (χ2n) is 3.22. The molecule has 1 aromatic carbocycles. The summed E-state index contributed by atoms with van der Waals surface area (Å²) < 4.78 is 3.80. The predicted molar refractivity (Wildman–Crippen MR) is 63.5 cm³/mol. The molecule has 0 N–H and O–H groups in total. The van der Waals surface area contributed by atoms with Gasteiger partial charge in [-0.2, -0.15) is 0 Å². The first-order valence-corrected chi connectivity index (χ1v) is 5.62. The van der Waals surface area contributed by atoms with Gasteiger partial charge in [0.1, 0.15) is 6.61 Å². The molecule has 0 bridgehead atoms. The number of rotatable bonds is 4. The summed E-state index contributed by atoms with van der Waals surface area (Å²) in [5, 5.41) is 7.75. The highest BCUT2D eigenvalue weighted by atomic mass is 32.1. The molecule has 1 aromatic heterocycles. The number of aryl methyl sites for hydroxylation is 1. The zero-order valence-corrected chi connectivity index (χ0v) is 9.65. The Kier molecular flexibility index (Phi) is 3.61. The average Bonchev–Trinajstić information content (AvgIpc) is 2.72. The quantitative estimate of drug-likeness (QED) is 0.601. The van der Waals surface area contributed by atoms with Gasteiger partial charge in [0.15, 0.2) is 0 Å². The van der Waals surface area contributed by atoms with Crippen molar-refractivity contribution in [2.75, 3.05) is 0 Å². The zero-order chi connectivity index (χ0) is 11.2. The molecule has 0 radical (unpaired) electrons. The van der Waals surface area contributed by atoms with Crippen molar-refractivity contribution in [3.8, 4) is 0 Å². The van der Waals surface area contributed by atoms with Crippen LogP contribution < -0.4 is 0 Å². The molecule has 16 heavy (non-hydrogen) atoms. The highest BCUT2D eigenvalue weighted by Gasteiger charge is 1.98. The Bertz CT molecular complexity index is 467. The summed E-state index contributed by atoms with van der Waals surface area (Å²) in [5.74, 6) is 0. The second kappa shape index (κ2) is 5.37. The average molecular weight is 233 g/mol. The van der Waals surface area contributed by atoms with Crippen molar-refractivity contribution in [3.05, 3.63) is 46.5 Å². The van der Waals surface area contributed by atoms with Crippen molar-refractivity contribution >= 4 is 17.7 Å². The third kappa shape index (κ3) is 2.87. The Morgan fingerprint density at radius 3 is 2.88 bits per heavy atom. The van der Waals surface area contributed by atoms with Crippen molar-refractivity contribution in [3.63, 3.8) is 0 Å². The number of hydrogen-bond donors (Lipinski definition) is 0. The molecule has 0 aliphatic heterocycles. The van der Waals surface area contributed by atoms with E-state index < -0.39 is 0 Å². The molecule has 0 atom stereocenters. The summed E-state index contributed by atoms with van der Waals surface area (Å²) in [6.07, 6.45) is 1.64. The van der Waals surface area contributed by atoms with Crippen LogP contribution in [0.4, 0.5) is 0 Å². The van der Waals surface area contributed by atoms with Crippen LogP contribution in [0.5, 0.6) is 0 Å². The fraction of sp³-hybridized carbons (Fsp3) is 0.182. The van der Waals surface area contributed by atoms with Gasteiger partial charge in [-0.05, 0) is 24.0 Å². The fourth-order valence-electron chi connectivity index (χ4n) is 1.13.